The molecule has 0 saturated carbocycles. The van der Waals surface area contributed by atoms with E-state index in [0.29, 0.717) is 16.7 Å². The number of rotatable bonds is 4. The second kappa shape index (κ2) is 6.34. The Bertz CT molecular complexity index is 817. The quantitative estimate of drug-likeness (QED) is 0.790. The number of aryl methyl sites for hydroxylation is 1. The molecule has 3 aromatic rings. The van der Waals surface area contributed by atoms with Gasteiger partial charge in [0.1, 0.15) is 0 Å². The third-order valence-corrected chi connectivity index (χ3v) is 4.30. The molecule has 6 heteroatoms. The van der Waals surface area contributed by atoms with Gasteiger partial charge < -0.3 is 0 Å². The summed E-state index contributed by atoms with van der Waals surface area (Å²) in [6, 6.07) is 10.0. The van der Waals surface area contributed by atoms with Crippen LogP contribution in [0.15, 0.2) is 41.9 Å². The first-order valence-corrected chi connectivity index (χ1v) is 8.28. The highest BCUT2D eigenvalue weighted by molar-refractivity contribution is 7.14. The van der Waals surface area contributed by atoms with Gasteiger partial charge in [-0.05, 0) is 17.5 Å². The van der Waals surface area contributed by atoms with Crippen molar-refractivity contribution >= 4 is 22.4 Å². The summed E-state index contributed by atoms with van der Waals surface area (Å²) in [7, 11) is 1.78. The number of carbonyl (C=O) groups is 1. The maximum atomic E-state index is 12.1. The fourth-order valence-electron chi connectivity index (χ4n) is 2.20. The molecular formula is C17H18N4OS. The summed E-state index contributed by atoms with van der Waals surface area (Å²) < 4.78 is 1.60. The average Bonchev–Trinajstić information content (AvgIpc) is 3.16. The Kier molecular flexibility index (Phi) is 4.25. The number of amides is 1. The van der Waals surface area contributed by atoms with Gasteiger partial charge in [-0.25, -0.2) is 4.98 Å². The standard InChI is InChI=1S/C17H18N4OS/c1-11(2)12-4-6-13(7-5-12)15-10-23-17(18-15)19-16(22)14-8-9-21(3)20-14/h4-11H,1-3H3,(H,18,19,22). The van der Waals surface area contributed by atoms with E-state index < -0.39 is 0 Å². The lowest BCUT2D eigenvalue weighted by Crippen LogP contribution is -2.12. The number of benzene rings is 1. The molecule has 1 aromatic carbocycles. The van der Waals surface area contributed by atoms with Crippen molar-refractivity contribution in [2.45, 2.75) is 19.8 Å². The maximum absolute atomic E-state index is 12.1. The van der Waals surface area contributed by atoms with Gasteiger partial charge in [0.15, 0.2) is 10.8 Å². The minimum absolute atomic E-state index is 0.248. The second-order valence-electron chi connectivity index (χ2n) is 5.64. The van der Waals surface area contributed by atoms with Crippen LogP contribution in [-0.2, 0) is 7.05 Å². The number of nitrogens with one attached hydrogen (secondary N) is 1. The fraction of sp³-hybridized carbons (Fsp3) is 0.235. The molecule has 0 spiro atoms. The minimum atomic E-state index is -0.248. The first kappa shape index (κ1) is 15.4. The average molecular weight is 326 g/mol. The Morgan fingerprint density at radius 2 is 1.96 bits per heavy atom. The number of hydrogen-bond acceptors (Lipinski definition) is 4. The predicted octanol–water partition coefficient (Wildman–Crippen LogP) is 3.92. The fourth-order valence-corrected chi connectivity index (χ4v) is 2.91. The zero-order valence-electron chi connectivity index (χ0n) is 13.3. The van der Waals surface area contributed by atoms with E-state index in [4.69, 9.17) is 0 Å². The van der Waals surface area contributed by atoms with E-state index in [0.717, 1.165) is 11.3 Å². The molecule has 0 aliphatic carbocycles. The van der Waals surface area contributed by atoms with Gasteiger partial charge in [0, 0.05) is 24.2 Å². The van der Waals surface area contributed by atoms with E-state index in [9.17, 15) is 4.79 Å². The molecule has 0 aliphatic heterocycles. The monoisotopic (exact) mass is 326 g/mol. The van der Waals surface area contributed by atoms with Crippen LogP contribution in [0.3, 0.4) is 0 Å². The van der Waals surface area contributed by atoms with E-state index in [1.54, 1.807) is 24.0 Å². The van der Waals surface area contributed by atoms with Gasteiger partial charge in [-0.1, -0.05) is 38.1 Å². The SMILES string of the molecule is CC(C)c1ccc(-c2csc(NC(=O)c3ccn(C)n3)n2)cc1. The molecule has 0 aliphatic rings. The molecule has 1 amide bonds. The summed E-state index contributed by atoms with van der Waals surface area (Å²) in [5.41, 5.74) is 3.59. The van der Waals surface area contributed by atoms with Crippen LogP contribution < -0.4 is 5.32 Å². The van der Waals surface area contributed by atoms with Crippen molar-refractivity contribution in [2.24, 2.45) is 7.05 Å². The first-order valence-electron chi connectivity index (χ1n) is 7.40. The van der Waals surface area contributed by atoms with Crippen molar-refractivity contribution < 1.29 is 4.79 Å². The zero-order valence-corrected chi connectivity index (χ0v) is 14.1. The van der Waals surface area contributed by atoms with Gasteiger partial charge in [-0.3, -0.25) is 14.8 Å². The van der Waals surface area contributed by atoms with Crippen LogP contribution in [-0.4, -0.2) is 20.7 Å². The predicted molar refractivity (Wildman–Crippen MR) is 92.8 cm³/mol. The summed E-state index contributed by atoms with van der Waals surface area (Å²) in [6.07, 6.45) is 1.73. The van der Waals surface area contributed by atoms with Crippen molar-refractivity contribution in [1.29, 1.82) is 0 Å². The molecule has 5 nitrogen and oxygen atoms in total. The van der Waals surface area contributed by atoms with Crippen LogP contribution in [0.4, 0.5) is 5.13 Å². The van der Waals surface area contributed by atoms with Crippen LogP contribution in [0.2, 0.25) is 0 Å². The molecule has 118 valence electrons. The van der Waals surface area contributed by atoms with E-state index in [2.05, 4.69) is 53.5 Å². The number of thiazole rings is 1. The van der Waals surface area contributed by atoms with Gasteiger partial charge in [-0.15, -0.1) is 11.3 Å². The second-order valence-corrected chi connectivity index (χ2v) is 6.50. The Balaban J connectivity index is 1.74. The van der Waals surface area contributed by atoms with E-state index >= 15 is 0 Å². The molecule has 0 saturated heterocycles. The highest BCUT2D eigenvalue weighted by atomic mass is 32.1. The molecular weight excluding hydrogens is 308 g/mol. The van der Waals surface area contributed by atoms with Gasteiger partial charge in [-0.2, -0.15) is 5.10 Å². The Labute approximate surface area is 139 Å². The highest BCUT2D eigenvalue weighted by Crippen LogP contribution is 2.26. The molecule has 23 heavy (non-hydrogen) atoms. The lowest BCUT2D eigenvalue weighted by molar-refractivity contribution is 0.102. The molecule has 0 atom stereocenters. The normalized spacial score (nSPS) is 11.0. The number of aromatic nitrogens is 3. The van der Waals surface area contributed by atoms with Crippen LogP contribution in [0.5, 0.6) is 0 Å². The van der Waals surface area contributed by atoms with Crippen LogP contribution >= 0.6 is 11.3 Å². The minimum Gasteiger partial charge on any atom is -0.296 e. The smallest absolute Gasteiger partial charge is 0.277 e. The van der Waals surface area contributed by atoms with E-state index in [1.165, 1.54) is 16.9 Å². The van der Waals surface area contributed by atoms with E-state index in [1.807, 2.05) is 5.38 Å². The van der Waals surface area contributed by atoms with E-state index in [-0.39, 0.29) is 5.91 Å². The third kappa shape index (κ3) is 3.48. The number of carbonyl (C=O) groups excluding carboxylic acids is 1. The highest BCUT2D eigenvalue weighted by Gasteiger charge is 2.12. The molecule has 2 heterocycles. The number of anilines is 1. The summed E-state index contributed by atoms with van der Waals surface area (Å²) in [5.74, 6) is 0.259. The number of hydrogen-bond donors (Lipinski definition) is 1. The molecule has 2 aromatic heterocycles. The molecule has 0 unspecified atom stereocenters. The van der Waals surface area contributed by atoms with Crippen molar-refractivity contribution in [3.63, 3.8) is 0 Å². The molecule has 1 N–H and O–H groups in total. The lowest BCUT2D eigenvalue weighted by Gasteiger charge is -2.05. The topological polar surface area (TPSA) is 59.8 Å². The first-order chi connectivity index (χ1) is 11.0. The van der Waals surface area contributed by atoms with Crippen molar-refractivity contribution in [2.75, 3.05) is 5.32 Å². The van der Waals surface area contributed by atoms with Gasteiger partial charge in [0.2, 0.25) is 0 Å². The molecule has 0 radical (unpaired) electrons. The zero-order chi connectivity index (χ0) is 16.4. The van der Waals surface area contributed by atoms with Gasteiger partial charge >= 0.3 is 0 Å². The Hall–Kier alpha value is -2.47. The Morgan fingerprint density at radius 3 is 2.57 bits per heavy atom. The number of nitrogens with zero attached hydrogens (tertiary/aromatic N) is 3. The Morgan fingerprint density at radius 1 is 1.22 bits per heavy atom. The summed E-state index contributed by atoms with van der Waals surface area (Å²) in [6.45, 7) is 4.34. The largest absolute Gasteiger partial charge is 0.296 e. The third-order valence-electron chi connectivity index (χ3n) is 3.54. The maximum Gasteiger partial charge on any atom is 0.277 e. The summed E-state index contributed by atoms with van der Waals surface area (Å²) in [4.78, 5) is 16.6. The van der Waals surface area contributed by atoms with Gasteiger partial charge in [0.05, 0.1) is 5.69 Å². The summed E-state index contributed by atoms with van der Waals surface area (Å²) in [5, 5.41) is 9.38. The summed E-state index contributed by atoms with van der Waals surface area (Å²) >= 11 is 1.41. The lowest BCUT2D eigenvalue weighted by atomic mass is 10.0. The van der Waals surface area contributed by atoms with Crippen LogP contribution in [0, 0.1) is 0 Å². The van der Waals surface area contributed by atoms with Crippen LogP contribution in [0.25, 0.3) is 11.3 Å². The van der Waals surface area contributed by atoms with Crippen molar-refractivity contribution in [3.8, 4) is 11.3 Å². The van der Waals surface area contributed by atoms with Crippen LogP contribution in [0.1, 0.15) is 35.8 Å². The molecule has 0 bridgehead atoms. The van der Waals surface area contributed by atoms with Crippen molar-refractivity contribution in [3.05, 3.63) is 53.2 Å². The van der Waals surface area contributed by atoms with Gasteiger partial charge in [0.25, 0.3) is 5.91 Å². The van der Waals surface area contributed by atoms with Crippen molar-refractivity contribution in [1.82, 2.24) is 14.8 Å². The molecule has 3 rings (SSSR count). The molecule has 0 fully saturated rings.